The minimum atomic E-state index is 0.901. The van der Waals surface area contributed by atoms with Crippen molar-refractivity contribution < 1.29 is 4.42 Å². The maximum atomic E-state index is 6.25. The van der Waals surface area contributed by atoms with E-state index in [4.69, 9.17) is 4.42 Å². The summed E-state index contributed by atoms with van der Waals surface area (Å²) in [5, 5.41) is 7.18. The highest BCUT2D eigenvalue weighted by Gasteiger charge is 2.18. The Hall–Kier alpha value is -6.12. The third kappa shape index (κ3) is 4.35. The first-order valence-electron chi connectivity index (χ1n) is 15.7. The highest BCUT2D eigenvalue weighted by Crippen LogP contribution is 2.43. The average molecular weight is 588 g/mol. The summed E-state index contributed by atoms with van der Waals surface area (Å²) < 4.78 is 6.25. The van der Waals surface area contributed by atoms with Crippen LogP contribution < -0.4 is 4.90 Å². The van der Waals surface area contributed by atoms with Crippen molar-refractivity contribution in [1.29, 1.82) is 0 Å². The Morgan fingerprint density at radius 3 is 1.67 bits per heavy atom. The maximum Gasteiger partial charge on any atom is 0.136 e. The Morgan fingerprint density at radius 2 is 0.891 bits per heavy atom. The smallest absolute Gasteiger partial charge is 0.136 e. The van der Waals surface area contributed by atoms with Gasteiger partial charge in [-0.15, -0.1) is 0 Å². The molecule has 9 aromatic rings. The Morgan fingerprint density at radius 1 is 0.370 bits per heavy atom. The molecular weight excluding hydrogens is 558 g/mol. The van der Waals surface area contributed by atoms with E-state index >= 15 is 0 Å². The lowest BCUT2D eigenvalue weighted by molar-refractivity contribution is 0.669. The molecule has 0 aliphatic heterocycles. The molecule has 46 heavy (non-hydrogen) atoms. The number of para-hydroxylation sites is 1. The number of fused-ring (bicyclic) bond motifs is 5. The molecular formula is C44H29NO. The molecule has 0 fully saturated rings. The van der Waals surface area contributed by atoms with Crippen LogP contribution in [0.3, 0.4) is 0 Å². The van der Waals surface area contributed by atoms with E-state index in [2.05, 4.69) is 169 Å². The summed E-state index contributed by atoms with van der Waals surface area (Å²) in [7, 11) is 0. The van der Waals surface area contributed by atoms with Crippen molar-refractivity contribution in [2.75, 3.05) is 4.90 Å². The monoisotopic (exact) mass is 587 g/mol. The Kier molecular flexibility index (Phi) is 6.17. The second-order valence-corrected chi connectivity index (χ2v) is 11.7. The molecule has 8 aromatic carbocycles. The number of hydrogen-bond donors (Lipinski definition) is 0. The van der Waals surface area contributed by atoms with Crippen LogP contribution in [0.15, 0.2) is 180 Å². The van der Waals surface area contributed by atoms with Gasteiger partial charge in [0.1, 0.15) is 11.2 Å². The summed E-state index contributed by atoms with van der Waals surface area (Å²) >= 11 is 0. The molecule has 216 valence electrons. The zero-order valence-electron chi connectivity index (χ0n) is 25.1. The van der Waals surface area contributed by atoms with Gasteiger partial charge in [0.2, 0.25) is 0 Å². The molecule has 0 N–H and O–H groups in total. The van der Waals surface area contributed by atoms with Crippen LogP contribution in [0.1, 0.15) is 0 Å². The molecule has 0 unspecified atom stereocenters. The summed E-state index contributed by atoms with van der Waals surface area (Å²) in [6.45, 7) is 0. The number of furan rings is 1. The lowest BCUT2D eigenvalue weighted by Gasteiger charge is -2.28. The van der Waals surface area contributed by atoms with Crippen molar-refractivity contribution in [1.82, 2.24) is 0 Å². The fourth-order valence-corrected chi connectivity index (χ4v) is 6.95. The van der Waals surface area contributed by atoms with Gasteiger partial charge in [-0.3, -0.25) is 0 Å². The minimum absolute atomic E-state index is 0.901. The van der Waals surface area contributed by atoms with Gasteiger partial charge in [-0.25, -0.2) is 0 Å². The van der Waals surface area contributed by atoms with Crippen LogP contribution in [0.2, 0.25) is 0 Å². The molecule has 1 aromatic heterocycles. The zero-order valence-corrected chi connectivity index (χ0v) is 25.1. The first kappa shape index (κ1) is 26.3. The summed E-state index contributed by atoms with van der Waals surface area (Å²) in [6.07, 6.45) is 0. The standard InChI is InChI=1S/C44H29NO/c1-3-20-36-30(12-1)14-9-23-37(36)32-16-7-18-34(28-32)45(41-25-10-15-31-13-2-4-21-38(31)41)35-19-8-17-33(29-35)39-24-11-27-43-44(39)40-22-5-6-26-42(40)46-43/h1-29H. The SMILES string of the molecule is c1cc(-c2cccc3ccccc23)cc(N(c2cccc(-c3cccc4oc5ccccc5c34)c2)c2cccc3ccccc23)c1. The lowest BCUT2D eigenvalue weighted by atomic mass is 9.97. The summed E-state index contributed by atoms with van der Waals surface area (Å²) in [5.41, 5.74) is 9.85. The van der Waals surface area contributed by atoms with Crippen molar-refractivity contribution in [2.45, 2.75) is 0 Å². The van der Waals surface area contributed by atoms with Gasteiger partial charge in [-0.1, -0.05) is 133 Å². The van der Waals surface area contributed by atoms with E-state index < -0.39 is 0 Å². The van der Waals surface area contributed by atoms with E-state index in [1.165, 1.54) is 32.7 Å². The third-order valence-electron chi connectivity index (χ3n) is 9.03. The van der Waals surface area contributed by atoms with E-state index in [0.717, 1.165) is 50.1 Å². The van der Waals surface area contributed by atoms with Crippen LogP contribution in [-0.4, -0.2) is 0 Å². The van der Waals surface area contributed by atoms with Gasteiger partial charge >= 0.3 is 0 Å². The molecule has 0 aliphatic carbocycles. The normalized spacial score (nSPS) is 11.5. The van der Waals surface area contributed by atoms with E-state index in [-0.39, 0.29) is 0 Å². The van der Waals surface area contributed by atoms with Crippen molar-refractivity contribution in [3.05, 3.63) is 176 Å². The van der Waals surface area contributed by atoms with Crippen LogP contribution in [0.4, 0.5) is 17.1 Å². The highest BCUT2D eigenvalue weighted by molar-refractivity contribution is 6.12. The zero-order chi connectivity index (χ0) is 30.5. The molecule has 0 bridgehead atoms. The summed E-state index contributed by atoms with van der Waals surface area (Å²) in [5.74, 6) is 0. The van der Waals surface area contributed by atoms with E-state index in [9.17, 15) is 0 Å². The van der Waals surface area contributed by atoms with Gasteiger partial charge in [-0.05, 0) is 80.9 Å². The highest BCUT2D eigenvalue weighted by atomic mass is 16.3. The second kappa shape index (κ2) is 10.8. The van der Waals surface area contributed by atoms with Crippen molar-refractivity contribution in [3.8, 4) is 22.3 Å². The quantitative estimate of drug-likeness (QED) is 0.199. The molecule has 2 heteroatoms. The second-order valence-electron chi connectivity index (χ2n) is 11.7. The van der Waals surface area contributed by atoms with Gasteiger partial charge in [0.25, 0.3) is 0 Å². The molecule has 0 saturated carbocycles. The topological polar surface area (TPSA) is 16.4 Å². The van der Waals surface area contributed by atoms with Crippen molar-refractivity contribution >= 4 is 60.5 Å². The largest absolute Gasteiger partial charge is 0.456 e. The number of anilines is 3. The van der Waals surface area contributed by atoms with Crippen LogP contribution in [-0.2, 0) is 0 Å². The molecule has 0 amide bonds. The number of benzene rings is 8. The average Bonchev–Trinajstić information content (AvgIpc) is 3.51. The van der Waals surface area contributed by atoms with Gasteiger partial charge in [0.05, 0.1) is 5.69 Å². The Labute approximate surface area is 267 Å². The van der Waals surface area contributed by atoms with Crippen LogP contribution in [0, 0.1) is 0 Å². The van der Waals surface area contributed by atoms with E-state index in [0.29, 0.717) is 0 Å². The minimum Gasteiger partial charge on any atom is -0.456 e. The fourth-order valence-electron chi connectivity index (χ4n) is 6.95. The van der Waals surface area contributed by atoms with Gasteiger partial charge in [0, 0.05) is 27.5 Å². The lowest BCUT2D eigenvalue weighted by Crippen LogP contribution is -2.10. The molecule has 0 radical (unpaired) electrons. The fraction of sp³-hybridized carbons (Fsp3) is 0. The molecule has 0 aliphatic rings. The third-order valence-corrected chi connectivity index (χ3v) is 9.03. The van der Waals surface area contributed by atoms with Crippen LogP contribution >= 0.6 is 0 Å². The van der Waals surface area contributed by atoms with Gasteiger partial charge < -0.3 is 9.32 Å². The van der Waals surface area contributed by atoms with Crippen molar-refractivity contribution in [3.63, 3.8) is 0 Å². The molecule has 0 spiro atoms. The van der Waals surface area contributed by atoms with E-state index in [1.54, 1.807) is 0 Å². The van der Waals surface area contributed by atoms with Gasteiger partial charge in [-0.2, -0.15) is 0 Å². The number of nitrogens with zero attached hydrogens (tertiary/aromatic N) is 1. The molecule has 0 atom stereocenters. The molecule has 9 rings (SSSR count). The first-order valence-corrected chi connectivity index (χ1v) is 15.7. The Bertz CT molecular complexity index is 2550. The number of hydrogen-bond acceptors (Lipinski definition) is 2. The first-order chi connectivity index (χ1) is 22.8. The predicted octanol–water partition coefficient (Wildman–Crippen LogP) is 12.7. The summed E-state index contributed by atoms with van der Waals surface area (Å²) in [4.78, 5) is 2.40. The van der Waals surface area contributed by atoms with Gasteiger partial charge in [0.15, 0.2) is 0 Å². The number of rotatable bonds is 5. The molecule has 2 nitrogen and oxygen atoms in total. The van der Waals surface area contributed by atoms with Crippen LogP contribution in [0.5, 0.6) is 0 Å². The van der Waals surface area contributed by atoms with E-state index in [1.807, 2.05) is 12.1 Å². The molecule has 1 heterocycles. The molecule has 0 saturated heterocycles. The predicted molar refractivity (Wildman–Crippen MR) is 194 cm³/mol. The van der Waals surface area contributed by atoms with Crippen LogP contribution in [0.25, 0.3) is 65.7 Å². The summed E-state index contributed by atoms with van der Waals surface area (Å²) in [6, 6.07) is 62.8. The maximum absolute atomic E-state index is 6.25. The van der Waals surface area contributed by atoms with Crippen molar-refractivity contribution in [2.24, 2.45) is 0 Å². The Balaban J connectivity index is 1.27.